The molecule has 2 aromatic rings. The van der Waals surface area contributed by atoms with Crippen molar-refractivity contribution in [2.45, 2.75) is 18.9 Å². The first-order chi connectivity index (χ1) is 9.10. The van der Waals surface area contributed by atoms with Crippen LogP contribution in [-0.4, -0.2) is 26.2 Å². The van der Waals surface area contributed by atoms with Crippen LogP contribution >= 0.6 is 11.6 Å². The van der Waals surface area contributed by atoms with Gasteiger partial charge in [0.2, 0.25) is 0 Å². The zero-order valence-electron chi connectivity index (χ0n) is 10.3. The van der Waals surface area contributed by atoms with Gasteiger partial charge in [0, 0.05) is 12.5 Å². The van der Waals surface area contributed by atoms with Crippen LogP contribution in [0.25, 0.3) is 0 Å². The fourth-order valence-corrected chi connectivity index (χ4v) is 1.98. The van der Waals surface area contributed by atoms with Crippen LogP contribution in [0.15, 0.2) is 18.2 Å². The second kappa shape index (κ2) is 6.05. The van der Waals surface area contributed by atoms with Crippen molar-refractivity contribution in [3.05, 3.63) is 40.4 Å². The molecule has 102 valence electrons. The van der Waals surface area contributed by atoms with Gasteiger partial charge in [-0.1, -0.05) is 23.7 Å². The number of rotatable bonds is 5. The molecule has 0 aliphatic heterocycles. The highest BCUT2D eigenvalue weighted by molar-refractivity contribution is 6.30. The summed E-state index contributed by atoms with van der Waals surface area (Å²) in [6, 6.07) is 4.69. The van der Waals surface area contributed by atoms with Gasteiger partial charge < -0.3 is 0 Å². The topological polar surface area (TPSA) is 81.7 Å². The van der Waals surface area contributed by atoms with Crippen LogP contribution in [0.3, 0.4) is 0 Å². The molecule has 0 fully saturated rings. The molecule has 0 spiro atoms. The van der Waals surface area contributed by atoms with Gasteiger partial charge in [0.15, 0.2) is 5.82 Å². The van der Waals surface area contributed by atoms with E-state index >= 15 is 0 Å². The van der Waals surface area contributed by atoms with E-state index in [4.69, 9.17) is 17.4 Å². The summed E-state index contributed by atoms with van der Waals surface area (Å²) in [4.78, 5) is 1.36. The predicted octanol–water partition coefficient (Wildman–Crippen LogP) is 0.620. The van der Waals surface area contributed by atoms with E-state index in [1.54, 1.807) is 19.2 Å². The fraction of sp³-hybridized carbons (Fsp3) is 0.364. The summed E-state index contributed by atoms with van der Waals surface area (Å²) in [6.07, 6.45) is 0.845. The number of aryl methyl sites for hydroxylation is 1. The predicted molar refractivity (Wildman–Crippen MR) is 68.7 cm³/mol. The standard InChI is InChI=1S/C11H14ClFN6/c1-19-17-10(16-18-19)6-8(15-14)5-7-3-2-4-9(12)11(7)13/h2-4,8,15H,5-6,14H2,1H3. The highest BCUT2D eigenvalue weighted by Crippen LogP contribution is 2.19. The van der Waals surface area contributed by atoms with E-state index in [-0.39, 0.29) is 11.1 Å². The SMILES string of the molecule is Cn1nnc(CC(Cc2cccc(Cl)c2F)NN)n1. The van der Waals surface area contributed by atoms with Gasteiger partial charge in [-0.25, -0.2) is 4.39 Å². The Morgan fingerprint density at radius 2 is 2.26 bits per heavy atom. The highest BCUT2D eigenvalue weighted by Gasteiger charge is 2.15. The van der Waals surface area contributed by atoms with E-state index in [9.17, 15) is 4.39 Å². The highest BCUT2D eigenvalue weighted by atomic mass is 35.5. The average molecular weight is 285 g/mol. The molecule has 3 N–H and O–H groups in total. The maximum absolute atomic E-state index is 13.8. The molecule has 2 rings (SSSR count). The first-order valence-electron chi connectivity index (χ1n) is 5.72. The van der Waals surface area contributed by atoms with Gasteiger partial charge in [-0.2, -0.15) is 4.80 Å². The van der Waals surface area contributed by atoms with Crippen LogP contribution in [0, 0.1) is 5.82 Å². The summed E-state index contributed by atoms with van der Waals surface area (Å²) in [5.74, 6) is 5.60. The number of halogens is 2. The van der Waals surface area contributed by atoms with Crippen LogP contribution in [0.5, 0.6) is 0 Å². The van der Waals surface area contributed by atoms with Crippen molar-refractivity contribution in [3.63, 3.8) is 0 Å². The molecule has 0 bridgehead atoms. The van der Waals surface area contributed by atoms with Crippen LogP contribution in [0.1, 0.15) is 11.4 Å². The van der Waals surface area contributed by atoms with E-state index in [0.29, 0.717) is 24.2 Å². The van der Waals surface area contributed by atoms with Crippen molar-refractivity contribution in [2.75, 3.05) is 0 Å². The molecule has 1 aromatic carbocycles. The maximum atomic E-state index is 13.8. The normalized spacial score (nSPS) is 12.6. The summed E-state index contributed by atoms with van der Waals surface area (Å²) in [5.41, 5.74) is 3.13. The Bertz CT molecular complexity index is 558. The summed E-state index contributed by atoms with van der Waals surface area (Å²) in [5, 5.41) is 11.8. The summed E-state index contributed by atoms with van der Waals surface area (Å²) < 4.78 is 13.8. The lowest BCUT2D eigenvalue weighted by molar-refractivity contribution is 0.496. The van der Waals surface area contributed by atoms with Crippen LogP contribution in [0.4, 0.5) is 4.39 Å². The number of tetrazole rings is 1. The maximum Gasteiger partial charge on any atom is 0.176 e. The summed E-state index contributed by atoms with van der Waals surface area (Å²) in [7, 11) is 1.68. The molecular formula is C11H14ClFN6. The Morgan fingerprint density at radius 1 is 1.47 bits per heavy atom. The van der Waals surface area contributed by atoms with E-state index in [0.717, 1.165) is 0 Å². The first-order valence-corrected chi connectivity index (χ1v) is 6.10. The van der Waals surface area contributed by atoms with Crippen molar-refractivity contribution in [3.8, 4) is 0 Å². The van der Waals surface area contributed by atoms with Crippen LogP contribution in [0.2, 0.25) is 5.02 Å². The molecule has 0 amide bonds. The third-order valence-electron chi connectivity index (χ3n) is 2.71. The largest absolute Gasteiger partial charge is 0.271 e. The lowest BCUT2D eigenvalue weighted by Gasteiger charge is -2.14. The number of hydrazine groups is 1. The van der Waals surface area contributed by atoms with Crippen molar-refractivity contribution >= 4 is 11.6 Å². The number of benzene rings is 1. The molecule has 6 nitrogen and oxygen atoms in total. The van der Waals surface area contributed by atoms with Gasteiger partial charge in [-0.05, 0) is 23.3 Å². The number of nitrogens with two attached hydrogens (primary N) is 1. The van der Waals surface area contributed by atoms with Gasteiger partial charge >= 0.3 is 0 Å². The lowest BCUT2D eigenvalue weighted by atomic mass is 10.0. The Hall–Kier alpha value is -1.57. The van der Waals surface area contributed by atoms with Gasteiger partial charge in [-0.3, -0.25) is 11.3 Å². The number of hydrogen-bond donors (Lipinski definition) is 2. The molecule has 8 heteroatoms. The molecule has 19 heavy (non-hydrogen) atoms. The Balaban J connectivity index is 2.08. The Morgan fingerprint density at radius 3 is 2.89 bits per heavy atom. The smallest absolute Gasteiger partial charge is 0.176 e. The average Bonchev–Trinajstić information content (AvgIpc) is 2.79. The van der Waals surface area contributed by atoms with Gasteiger partial charge in [0.1, 0.15) is 5.82 Å². The minimum atomic E-state index is -0.420. The monoisotopic (exact) mass is 284 g/mol. The number of nitrogens with zero attached hydrogens (tertiary/aromatic N) is 4. The van der Waals surface area contributed by atoms with Crippen molar-refractivity contribution in [1.82, 2.24) is 25.6 Å². The molecule has 0 saturated heterocycles. The van der Waals surface area contributed by atoms with Crippen molar-refractivity contribution in [1.29, 1.82) is 0 Å². The second-order valence-corrected chi connectivity index (χ2v) is 4.59. The minimum Gasteiger partial charge on any atom is -0.271 e. The zero-order chi connectivity index (χ0) is 13.8. The van der Waals surface area contributed by atoms with E-state index < -0.39 is 5.82 Å². The van der Waals surface area contributed by atoms with E-state index in [1.165, 1.54) is 10.9 Å². The van der Waals surface area contributed by atoms with E-state index in [2.05, 4.69) is 20.8 Å². The Labute approximate surface area is 114 Å². The summed E-state index contributed by atoms with van der Waals surface area (Å²) in [6.45, 7) is 0. The van der Waals surface area contributed by atoms with Crippen molar-refractivity contribution < 1.29 is 4.39 Å². The summed E-state index contributed by atoms with van der Waals surface area (Å²) >= 11 is 5.74. The van der Waals surface area contributed by atoms with Gasteiger partial charge in [0.25, 0.3) is 0 Å². The van der Waals surface area contributed by atoms with Gasteiger partial charge in [-0.15, -0.1) is 10.2 Å². The van der Waals surface area contributed by atoms with Crippen molar-refractivity contribution in [2.24, 2.45) is 12.9 Å². The molecule has 0 radical (unpaired) electrons. The molecule has 0 aliphatic rings. The molecular weight excluding hydrogens is 271 g/mol. The molecule has 1 atom stereocenters. The van der Waals surface area contributed by atoms with E-state index in [1.807, 2.05) is 0 Å². The fourth-order valence-electron chi connectivity index (χ4n) is 1.79. The number of nitrogens with one attached hydrogen (secondary N) is 1. The molecule has 0 aliphatic carbocycles. The quantitative estimate of drug-likeness (QED) is 0.621. The lowest BCUT2D eigenvalue weighted by Crippen LogP contribution is -2.39. The molecule has 1 unspecified atom stereocenters. The number of hydrogen-bond acceptors (Lipinski definition) is 5. The molecule has 1 aromatic heterocycles. The third-order valence-corrected chi connectivity index (χ3v) is 3.00. The molecule has 0 saturated carbocycles. The second-order valence-electron chi connectivity index (χ2n) is 4.18. The third kappa shape index (κ3) is 3.46. The minimum absolute atomic E-state index is 0.103. The van der Waals surface area contributed by atoms with Crippen LogP contribution in [-0.2, 0) is 19.9 Å². The van der Waals surface area contributed by atoms with Crippen LogP contribution < -0.4 is 11.3 Å². The number of aromatic nitrogens is 4. The zero-order valence-corrected chi connectivity index (χ0v) is 11.1. The van der Waals surface area contributed by atoms with Gasteiger partial charge in [0.05, 0.1) is 12.1 Å². The molecule has 1 heterocycles. The first kappa shape index (κ1) is 13.9. The Kier molecular flexibility index (Phi) is 4.41.